The Balaban J connectivity index is 2.49. The molecule has 0 bridgehead atoms. The van der Waals surface area contributed by atoms with Crippen molar-refractivity contribution in [3.05, 3.63) is 0 Å². The minimum atomic E-state index is -0.666. The second kappa shape index (κ2) is 5.47. The van der Waals surface area contributed by atoms with Crippen molar-refractivity contribution < 1.29 is 9.90 Å². The molecule has 0 amide bonds. The number of aliphatic carboxylic acids is 1. The van der Waals surface area contributed by atoms with Crippen molar-refractivity contribution in [3.63, 3.8) is 0 Å². The third-order valence-electron chi connectivity index (χ3n) is 3.10. The van der Waals surface area contributed by atoms with E-state index < -0.39 is 5.97 Å². The first kappa shape index (κ1) is 12.5. The lowest BCUT2D eigenvalue weighted by Crippen LogP contribution is -2.48. The number of piperidine rings is 1. The highest BCUT2D eigenvalue weighted by molar-refractivity contribution is 5.73. The van der Waals surface area contributed by atoms with Crippen LogP contribution in [-0.2, 0) is 4.79 Å². The van der Waals surface area contributed by atoms with E-state index in [-0.39, 0.29) is 6.04 Å². The van der Waals surface area contributed by atoms with Gasteiger partial charge in [-0.2, -0.15) is 0 Å². The molecule has 0 saturated carbocycles. The summed E-state index contributed by atoms with van der Waals surface area (Å²) in [7, 11) is 4.03. The van der Waals surface area contributed by atoms with Crippen LogP contribution in [-0.4, -0.2) is 60.6 Å². The smallest absolute Gasteiger partial charge is 0.320 e. The van der Waals surface area contributed by atoms with Crippen molar-refractivity contribution in [2.75, 3.05) is 33.7 Å². The number of likely N-dealkylation sites (N-methyl/N-ethyl adjacent to an activating group) is 1. The lowest BCUT2D eigenvalue weighted by molar-refractivity contribution is -0.145. The summed E-state index contributed by atoms with van der Waals surface area (Å²) < 4.78 is 0. The van der Waals surface area contributed by atoms with Gasteiger partial charge in [-0.3, -0.25) is 9.69 Å². The molecule has 0 aromatic heterocycles. The van der Waals surface area contributed by atoms with Crippen LogP contribution >= 0.6 is 0 Å². The van der Waals surface area contributed by atoms with Gasteiger partial charge in [0, 0.05) is 13.1 Å². The standard InChI is InChI=1S/C11H22N2O2/c1-9-4-5-13(7-6-12(2)3)10(8-9)11(14)15/h9-10H,4-8H2,1-3H3,(H,14,15). The first-order valence-corrected chi connectivity index (χ1v) is 5.62. The molecule has 2 unspecified atom stereocenters. The van der Waals surface area contributed by atoms with Gasteiger partial charge in [0.2, 0.25) is 0 Å². The Morgan fingerprint density at radius 1 is 1.53 bits per heavy atom. The molecule has 1 aliphatic rings. The lowest BCUT2D eigenvalue weighted by atomic mass is 9.92. The van der Waals surface area contributed by atoms with Gasteiger partial charge in [0.05, 0.1) is 0 Å². The molecule has 0 radical (unpaired) electrons. The SMILES string of the molecule is CC1CCN(CCN(C)C)C(C(=O)O)C1. The van der Waals surface area contributed by atoms with Gasteiger partial charge in [-0.15, -0.1) is 0 Å². The molecule has 1 aliphatic heterocycles. The fraction of sp³-hybridized carbons (Fsp3) is 0.909. The fourth-order valence-electron chi connectivity index (χ4n) is 2.04. The Bertz CT molecular complexity index is 219. The van der Waals surface area contributed by atoms with Gasteiger partial charge in [0.25, 0.3) is 0 Å². The molecular weight excluding hydrogens is 192 g/mol. The van der Waals surface area contributed by atoms with Gasteiger partial charge in [-0.1, -0.05) is 6.92 Å². The van der Waals surface area contributed by atoms with E-state index >= 15 is 0 Å². The predicted molar refractivity (Wildman–Crippen MR) is 59.9 cm³/mol. The molecule has 1 fully saturated rings. The zero-order valence-electron chi connectivity index (χ0n) is 9.94. The monoisotopic (exact) mass is 214 g/mol. The first-order chi connectivity index (χ1) is 7.00. The summed E-state index contributed by atoms with van der Waals surface area (Å²) in [6, 6.07) is -0.270. The average molecular weight is 214 g/mol. The number of carbonyl (C=O) groups is 1. The van der Waals surface area contributed by atoms with Gasteiger partial charge in [-0.05, 0) is 39.4 Å². The molecule has 1 saturated heterocycles. The minimum Gasteiger partial charge on any atom is -0.480 e. The summed E-state index contributed by atoms with van der Waals surface area (Å²) in [4.78, 5) is 15.3. The molecule has 0 spiro atoms. The molecule has 4 nitrogen and oxygen atoms in total. The molecule has 0 aromatic rings. The highest BCUT2D eigenvalue weighted by Crippen LogP contribution is 2.22. The first-order valence-electron chi connectivity index (χ1n) is 5.62. The van der Waals surface area contributed by atoms with Gasteiger partial charge in [0.1, 0.15) is 6.04 Å². The number of carboxylic acid groups (broad SMARTS) is 1. The van der Waals surface area contributed by atoms with Crippen LogP contribution in [0, 0.1) is 5.92 Å². The van der Waals surface area contributed by atoms with Crippen molar-refractivity contribution in [2.45, 2.75) is 25.8 Å². The van der Waals surface area contributed by atoms with E-state index in [0.29, 0.717) is 5.92 Å². The maximum atomic E-state index is 11.1. The largest absolute Gasteiger partial charge is 0.480 e. The summed E-state index contributed by atoms with van der Waals surface area (Å²) in [5.41, 5.74) is 0. The number of likely N-dealkylation sites (tertiary alicyclic amines) is 1. The number of nitrogens with zero attached hydrogens (tertiary/aromatic N) is 2. The van der Waals surface area contributed by atoms with Crippen LogP contribution in [0.1, 0.15) is 19.8 Å². The van der Waals surface area contributed by atoms with Crippen LogP contribution in [0.25, 0.3) is 0 Å². The number of hydrogen-bond acceptors (Lipinski definition) is 3. The third-order valence-corrected chi connectivity index (χ3v) is 3.10. The quantitative estimate of drug-likeness (QED) is 0.749. The van der Waals surface area contributed by atoms with Crippen molar-refractivity contribution >= 4 is 5.97 Å². The van der Waals surface area contributed by atoms with Gasteiger partial charge in [-0.25, -0.2) is 0 Å². The molecule has 15 heavy (non-hydrogen) atoms. The zero-order chi connectivity index (χ0) is 11.4. The molecule has 2 atom stereocenters. The Hall–Kier alpha value is -0.610. The highest BCUT2D eigenvalue weighted by atomic mass is 16.4. The van der Waals surface area contributed by atoms with Gasteiger partial charge >= 0.3 is 5.97 Å². The predicted octanol–water partition coefficient (Wildman–Crippen LogP) is 0.733. The fourth-order valence-corrected chi connectivity index (χ4v) is 2.04. The van der Waals surface area contributed by atoms with Crippen LogP contribution < -0.4 is 0 Å². The molecule has 0 aromatic carbocycles. The topological polar surface area (TPSA) is 43.8 Å². The number of carboxylic acids is 1. The molecule has 1 N–H and O–H groups in total. The second-order valence-corrected chi connectivity index (χ2v) is 4.82. The normalized spacial score (nSPS) is 28.3. The van der Waals surface area contributed by atoms with Crippen molar-refractivity contribution in [1.82, 2.24) is 9.80 Å². The molecular formula is C11H22N2O2. The lowest BCUT2D eigenvalue weighted by Gasteiger charge is -2.36. The van der Waals surface area contributed by atoms with E-state index in [2.05, 4.69) is 16.7 Å². The maximum absolute atomic E-state index is 11.1. The van der Waals surface area contributed by atoms with Crippen LogP contribution in [0.15, 0.2) is 0 Å². The third kappa shape index (κ3) is 3.80. The Morgan fingerprint density at radius 3 is 2.73 bits per heavy atom. The van der Waals surface area contributed by atoms with Crippen molar-refractivity contribution in [1.29, 1.82) is 0 Å². The zero-order valence-corrected chi connectivity index (χ0v) is 9.94. The van der Waals surface area contributed by atoms with E-state index in [1.807, 2.05) is 14.1 Å². The van der Waals surface area contributed by atoms with Gasteiger partial charge < -0.3 is 10.0 Å². The summed E-state index contributed by atoms with van der Waals surface area (Å²) >= 11 is 0. The van der Waals surface area contributed by atoms with Gasteiger partial charge in [0.15, 0.2) is 0 Å². The molecule has 88 valence electrons. The van der Waals surface area contributed by atoms with E-state index in [4.69, 9.17) is 5.11 Å². The van der Waals surface area contributed by atoms with Crippen LogP contribution in [0.3, 0.4) is 0 Å². The molecule has 1 heterocycles. The summed E-state index contributed by atoms with van der Waals surface area (Å²) in [5.74, 6) is -0.123. The summed E-state index contributed by atoms with van der Waals surface area (Å²) in [6.45, 7) is 4.85. The van der Waals surface area contributed by atoms with E-state index in [1.165, 1.54) is 0 Å². The molecule has 0 aliphatic carbocycles. The van der Waals surface area contributed by atoms with Crippen molar-refractivity contribution in [3.8, 4) is 0 Å². The van der Waals surface area contributed by atoms with E-state index in [0.717, 1.165) is 32.5 Å². The molecule has 4 heteroatoms. The summed E-state index contributed by atoms with van der Waals surface area (Å²) in [5, 5.41) is 9.14. The molecule has 1 rings (SSSR count). The highest BCUT2D eigenvalue weighted by Gasteiger charge is 2.31. The van der Waals surface area contributed by atoms with Crippen LogP contribution in [0.5, 0.6) is 0 Å². The average Bonchev–Trinajstić information content (AvgIpc) is 2.15. The van der Waals surface area contributed by atoms with E-state index in [1.54, 1.807) is 0 Å². The Labute approximate surface area is 91.9 Å². The maximum Gasteiger partial charge on any atom is 0.320 e. The second-order valence-electron chi connectivity index (χ2n) is 4.82. The van der Waals surface area contributed by atoms with Crippen LogP contribution in [0.2, 0.25) is 0 Å². The minimum absolute atomic E-state index is 0.270. The van der Waals surface area contributed by atoms with Crippen LogP contribution in [0.4, 0.5) is 0 Å². The Morgan fingerprint density at radius 2 is 2.20 bits per heavy atom. The van der Waals surface area contributed by atoms with E-state index in [9.17, 15) is 4.79 Å². The summed E-state index contributed by atoms with van der Waals surface area (Å²) in [6.07, 6.45) is 1.92. The van der Waals surface area contributed by atoms with Crippen molar-refractivity contribution in [2.24, 2.45) is 5.92 Å². The Kier molecular flexibility index (Phi) is 4.54. The number of hydrogen-bond donors (Lipinski definition) is 1. The number of rotatable bonds is 4.